The third-order valence-electron chi connectivity index (χ3n) is 4.03. The van der Waals surface area contributed by atoms with Crippen molar-refractivity contribution in [1.82, 2.24) is 0 Å². The summed E-state index contributed by atoms with van der Waals surface area (Å²) in [6, 6.07) is 17.5. The lowest BCUT2D eigenvalue weighted by molar-refractivity contribution is 0.281. The molecule has 3 nitrogen and oxygen atoms in total. The Morgan fingerprint density at radius 2 is 1.78 bits per heavy atom. The van der Waals surface area contributed by atoms with Crippen molar-refractivity contribution in [3.63, 3.8) is 0 Å². The molecule has 0 unspecified atom stereocenters. The van der Waals surface area contributed by atoms with Gasteiger partial charge < -0.3 is 14.8 Å². The highest BCUT2D eigenvalue weighted by Crippen LogP contribution is 2.37. The van der Waals surface area contributed by atoms with Crippen LogP contribution in [0.25, 0.3) is 0 Å². The molecule has 3 aromatic rings. The average molecular weight is 451 g/mol. The molecule has 27 heavy (non-hydrogen) atoms. The second-order valence-electron chi connectivity index (χ2n) is 5.80. The van der Waals surface area contributed by atoms with E-state index in [1.54, 1.807) is 19.2 Å². The molecule has 0 radical (unpaired) electrons. The molecule has 0 fully saturated rings. The molecule has 3 rings (SSSR count). The van der Waals surface area contributed by atoms with E-state index in [2.05, 4.69) is 21.2 Å². The first-order valence-electron chi connectivity index (χ1n) is 8.29. The Bertz CT molecular complexity index is 919. The fourth-order valence-corrected chi connectivity index (χ4v) is 3.23. The molecule has 0 spiro atoms. The number of anilines is 1. The smallest absolute Gasteiger partial charge is 0.167 e. The van der Waals surface area contributed by atoms with Gasteiger partial charge in [-0.25, -0.2) is 4.39 Å². The van der Waals surface area contributed by atoms with Gasteiger partial charge in [0.25, 0.3) is 0 Å². The Morgan fingerprint density at radius 3 is 2.48 bits per heavy atom. The fourth-order valence-electron chi connectivity index (χ4n) is 2.59. The van der Waals surface area contributed by atoms with E-state index < -0.39 is 0 Å². The van der Waals surface area contributed by atoms with Gasteiger partial charge in [-0.1, -0.05) is 45.7 Å². The molecule has 1 N–H and O–H groups in total. The van der Waals surface area contributed by atoms with Crippen LogP contribution in [-0.2, 0) is 13.2 Å². The first-order chi connectivity index (χ1) is 13.1. The maximum Gasteiger partial charge on any atom is 0.167 e. The zero-order chi connectivity index (χ0) is 19.2. The minimum atomic E-state index is -0.271. The number of rotatable bonds is 7. The van der Waals surface area contributed by atoms with Crippen LogP contribution in [0.5, 0.6) is 11.5 Å². The first kappa shape index (κ1) is 19.5. The average Bonchev–Trinajstić information content (AvgIpc) is 2.68. The maximum atomic E-state index is 13.1. The zero-order valence-corrected chi connectivity index (χ0v) is 17.0. The van der Waals surface area contributed by atoms with Crippen LogP contribution < -0.4 is 14.8 Å². The van der Waals surface area contributed by atoms with Crippen LogP contribution in [0.1, 0.15) is 11.1 Å². The van der Waals surface area contributed by atoms with Crippen LogP contribution in [0.4, 0.5) is 10.1 Å². The van der Waals surface area contributed by atoms with Gasteiger partial charge in [0.15, 0.2) is 11.5 Å². The molecule has 0 bridgehead atoms. The fraction of sp³-hybridized carbons (Fsp3) is 0.143. The summed E-state index contributed by atoms with van der Waals surface area (Å²) < 4.78 is 25.5. The molecule has 3 aromatic carbocycles. The molecule has 0 aliphatic carbocycles. The van der Waals surface area contributed by atoms with Gasteiger partial charge in [-0.2, -0.15) is 0 Å². The monoisotopic (exact) mass is 449 g/mol. The topological polar surface area (TPSA) is 30.5 Å². The first-order valence-corrected chi connectivity index (χ1v) is 9.46. The molecule has 0 heterocycles. The number of halogens is 3. The number of nitrogens with one attached hydrogen (secondary N) is 1. The van der Waals surface area contributed by atoms with Gasteiger partial charge in [-0.3, -0.25) is 0 Å². The number of ether oxygens (including phenoxy) is 2. The van der Waals surface area contributed by atoms with Crippen molar-refractivity contribution < 1.29 is 13.9 Å². The van der Waals surface area contributed by atoms with Gasteiger partial charge in [0, 0.05) is 32.9 Å². The van der Waals surface area contributed by atoms with Gasteiger partial charge in [0.1, 0.15) is 12.4 Å². The van der Waals surface area contributed by atoms with Gasteiger partial charge in [0.05, 0.1) is 7.11 Å². The molecule has 0 aromatic heterocycles. The van der Waals surface area contributed by atoms with Gasteiger partial charge >= 0.3 is 0 Å². The molecular formula is C21H18BrClFNO2. The van der Waals surface area contributed by atoms with Crippen molar-refractivity contribution in [1.29, 1.82) is 0 Å². The highest BCUT2D eigenvalue weighted by atomic mass is 79.9. The van der Waals surface area contributed by atoms with E-state index in [1.807, 2.05) is 36.4 Å². The van der Waals surface area contributed by atoms with Crippen molar-refractivity contribution in [2.45, 2.75) is 13.2 Å². The highest BCUT2D eigenvalue weighted by molar-refractivity contribution is 9.10. The van der Waals surface area contributed by atoms with Gasteiger partial charge in [-0.05, 0) is 42.5 Å². The highest BCUT2D eigenvalue weighted by Gasteiger charge is 2.15. The summed E-state index contributed by atoms with van der Waals surface area (Å²) in [5, 5.41) is 3.92. The maximum absolute atomic E-state index is 13.1. The van der Waals surface area contributed by atoms with Crippen molar-refractivity contribution in [3.05, 3.63) is 87.1 Å². The molecule has 6 heteroatoms. The summed E-state index contributed by atoms with van der Waals surface area (Å²) >= 11 is 9.80. The Kier molecular flexibility index (Phi) is 6.58. The molecule has 0 saturated carbocycles. The van der Waals surface area contributed by atoms with E-state index in [-0.39, 0.29) is 5.82 Å². The molecule has 0 aliphatic heterocycles. The second kappa shape index (κ2) is 9.11. The molecule has 0 atom stereocenters. The van der Waals surface area contributed by atoms with Crippen LogP contribution in [-0.4, -0.2) is 7.11 Å². The van der Waals surface area contributed by atoms with E-state index >= 15 is 0 Å². The molecular weight excluding hydrogens is 433 g/mol. The van der Waals surface area contributed by atoms with Crippen LogP contribution in [0.3, 0.4) is 0 Å². The molecule has 0 saturated heterocycles. The lowest BCUT2D eigenvalue weighted by Crippen LogP contribution is -2.06. The Labute approximate surface area is 171 Å². The number of methoxy groups -OCH3 is 1. The van der Waals surface area contributed by atoms with Gasteiger partial charge in [0.2, 0.25) is 0 Å². The second-order valence-corrected chi connectivity index (χ2v) is 7.06. The van der Waals surface area contributed by atoms with Crippen molar-refractivity contribution >= 4 is 33.2 Å². The van der Waals surface area contributed by atoms with Crippen LogP contribution >= 0.6 is 27.5 Å². The summed E-state index contributed by atoms with van der Waals surface area (Å²) in [7, 11) is 1.60. The lowest BCUT2D eigenvalue weighted by atomic mass is 10.1. The predicted molar refractivity (Wildman–Crippen MR) is 110 cm³/mol. The summed E-state index contributed by atoms with van der Waals surface area (Å²) in [4.78, 5) is 0. The molecule has 0 amide bonds. The molecule has 0 aliphatic rings. The van der Waals surface area contributed by atoms with E-state index in [4.69, 9.17) is 21.1 Å². The van der Waals surface area contributed by atoms with E-state index in [0.717, 1.165) is 21.3 Å². The number of hydrogen-bond acceptors (Lipinski definition) is 3. The SMILES string of the molecule is COc1ccc(Br)c(CNc2ccc(F)cc2)c1OCc1ccccc1Cl. The van der Waals surface area contributed by atoms with Gasteiger partial charge in [-0.15, -0.1) is 0 Å². The quantitative estimate of drug-likeness (QED) is 0.449. The number of hydrogen-bond donors (Lipinski definition) is 1. The van der Waals surface area contributed by atoms with Crippen LogP contribution in [0.15, 0.2) is 65.1 Å². The molecule has 140 valence electrons. The van der Waals surface area contributed by atoms with Crippen LogP contribution in [0.2, 0.25) is 5.02 Å². The summed E-state index contributed by atoms with van der Waals surface area (Å²) in [6.07, 6.45) is 0. The van der Waals surface area contributed by atoms with E-state index in [9.17, 15) is 4.39 Å². The minimum absolute atomic E-state index is 0.271. The third-order valence-corrected chi connectivity index (χ3v) is 5.14. The van der Waals surface area contributed by atoms with E-state index in [1.165, 1.54) is 12.1 Å². The normalized spacial score (nSPS) is 10.5. The standard InChI is InChI=1S/C21H18BrClFNO2/c1-26-20-11-10-18(22)17(12-25-16-8-6-15(24)7-9-16)21(20)27-13-14-4-2-3-5-19(14)23/h2-11,25H,12-13H2,1H3. The summed E-state index contributed by atoms with van der Waals surface area (Å²) in [5.41, 5.74) is 2.59. The third kappa shape index (κ3) is 4.93. The Balaban J connectivity index is 1.83. The predicted octanol–water partition coefficient (Wildman–Crippen LogP) is 6.44. The summed E-state index contributed by atoms with van der Waals surface area (Å²) in [6.45, 7) is 0.789. The van der Waals surface area contributed by atoms with Crippen LogP contribution in [0, 0.1) is 5.82 Å². The van der Waals surface area contributed by atoms with E-state index in [0.29, 0.717) is 29.7 Å². The minimum Gasteiger partial charge on any atom is -0.493 e. The van der Waals surface area contributed by atoms with Crippen molar-refractivity contribution in [2.24, 2.45) is 0 Å². The van der Waals surface area contributed by atoms with Crippen molar-refractivity contribution in [2.75, 3.05) is 12.4 Å². The van der Waals surface area contributed by atoms with Crippen molar-refractivity contribution in [3.8, 4) is 11.5 Å². The number of benzene rings is 3. The Morgan fingerprint density at radius 1 is 1.04 bits per heavy atom. The zero-order valence-electron chi connectivity index (χ0n) is 14.6. The summed E-state index contributed by atoms with van der Waals surface area (Å²) in [5.74, 6) is 0.981. The largest absolute Gasteiger partial charge is 0.493 e. The Hall–Kier alpha value is -2.24. The lowest BCUT2D eigenvalue weighted by Gasteiger charge is -2.18.